The summed E-state index contributed by atoms with van der Waals surface area (Å²) in [4.78, 5) is 15.4. The Kier molecular flexibility index (Phi) is 6.80. The van der Waals surface area contributed by atoms with Gasteiger partial charge in [0, 0.05) is 22.1 Å². The molecule has 0 saturated heterocycles. The molecule has 48 heavy (non-hydrogen) atoms. The molecule has 0 aliphatic carbocycles. The van der Waals surface area contributed by atoms with Crippen LogP contribution >= 0.6 is 0 Å². The van der Waals surface area contributed by atoms with Gasteiger partial charge in [-0.25, -0.2) is 15.0 Å². The van der Waals surface area contributed by atoms with Gasteiger partial charge in [-0.15, -0.1) is 0 Å². The van der Waals surface area contributed by atoms with Crippen LogP contribution in [-0.2, 0) is 0 Å². The van der Waals surface area contributed by atoms with Gasteiger partial charge in [0.1, 0.15) is 0 Å². The highest BCUT2D eigenvalue weighted by molar-refractivity contribution is 6.28. The SMILES string of the molecule is c1ccc(-c2ccc(-c3cc(-c4nc(-c5ccccc5)nc(-c5ccccc5)n4)c4c5ccccc5c5ccccc5c4c3)cc2)cc1. The zero-order valence-corrected chi connectivity index (χ0v) is 26.1. The lowest BCUT2D eigenvalue weighted by atomic mass is 9.88. The maximum Gasteiger partial charge on any atom is 0.164 e. The summed E-state index contributed by atoms with van der Waals surface area (Å²) in [7, 11) is 0. The standard InChI is InChI=1S/C45H29N3/c1-4-14-30(15-5-1)31-24-26-32(27-25-31)35-28-40-38-22-11-10-20-36(38)37-21-12-13-23-39(37)42(40)41(29-35)45-47-43(33-16-6-2-7-17-33)46-44(48-45)34-18-8-3-9-19-34/h1-29H. The van der Waals surface area contributed by atoms with E-state index in [1.54, 1.807) is 0 Å². The van der Waals surface area contributed by atoms with E-state index in [1.165, 1.54) is 38.1 Å². The largest absolute Gasteiger partial charge is 0.208 e. The molecule has 9 rings (SSSR count). The summed E-state index contributed by atoms with van der Waals surface area (Å²) in [5, 5.41) is 7.13. The van der Waals surface area contributed by atoms with Crippen molar-refractivity contribution in [1.29, 1.82) is 0 Å². The van der Waals surface area contributed by atoms with Crippen LogP contribution in [0.15, 0.2) is 176 Å². The Labute approximate surface area is 278 Å². The first-order chi connectivity index (χ1) is 23.8. The number of rotatable bonds is 5. The molecule has 0 spiro atoms. The van der Waals surface area contributed by atoms with Crippen molar-refractivity contribution in [3.05, 3.63) is 176 Å². The van der Waals surface area contributed by atoms with E-state index in [0.717, 1.165) is 33.2 Å². The Hall–Kier alpha value is -6.45. The van der Waals surface area contributed by atoms with Crippen molar-refractivity contribution < 1.29 is 0 Å². The number of benzene rings is 8. The van der Waals surface area contributed by atoms with Crippen LogP contribution in [0, 0.1) is 0 Å². The van der Waals surface area contributed by atoms with Crippen molar-refractivity contribution in [2.45, 2.75) is 0 Å². The summed E-state index contributed by atoms with van der Waals surface area (Å²) >= 11 is 0. The van der Waals surface area contributed by atoms with Crippen LogP contribution in [0.4, 0.5) is 0 Å². The van der Waals surface area contributed by atoms with E-state index >= 15 is 0 Å². The lowest BCUT2D eigenvalue weighted by molar-refractivity contribution is 1.08. The second kappa shape index (κ2) is 11.7. The normalized spacial score (nSPS) is 11.3. The molecule has 0 fully saturated rings. The number of hydrogen-bond donors (Lipinski definition) is 0. The highest BCUT2D eigenvalue weighted by atomic mass is 15.0. The van der Waals surface area contributed by atoms with Gasteiger partial charge in [-0.3, -0.25) is 0 Å². The van der Waals surface area contributed by atoms with Crippen molar-refractivity contribution in [3.8, 4) is 56.4 Å². The van der Waals surface area contributed by atoms with Gasteiger partial charge in [-0.1, -0.05) is 164 Å². The van der Waals surface area contributed by atoms with Crippen molar-refractivity contribution in [1.82, 2.24) is 15.0 Å². The lowest BCUT2D eigenvalue weighted by Crippen LogP contribution is -2.01. The number of aromatic nitrogens is 3. The molecule has 0 aliphatic rings. The van der Waals surface area contributed by atoms with Gasteiger partial charge < -0.3 is 0 Å². The summed E-state index contributed by atoms with van der Waals surface area (Å²) in [6.45, 7) is 0. The molecular weight excluding hydrogens is 583 g/mol. The molecule has 1 heterocycles. The van der Waals surface area contributed by atoms with Crippen LogP contribution in [0.2, 0.25) is 0 Å². The summed E-state index contributed by atoms with van der Waals surface area (Å²) in [6.07, 6.45) is 0. The molecule has 3 heteroatoms. The molecule has 0 saturated carbocycles. The van der Waals surface area contributed by atoms with Gasteiger partial charge in [0.15, 0.2) is 17.5 Å². The first-order valence-corrected chi connectivity index (χ1v) is 16.2. The Morgan fingerprint density at radius 2 is 0.625 bits per heavy atom. The highest BCUT2D eigenvalue weighted by Crippen LogP contribution is 2.42. The fourth-order valence-electron chi connectivity index (χ4n) is 6.79. The monoisotopic (exact) mass is 611 g/mol. The van der Waals surface area contributed by atoms with Crippen LogP contribution in [0.25, 0.3) is 88.7 Å². The zero-order valence-electron chi connectivity index (χ0n) is 26.1. The summed E-state index contributed by atoms with van der Waals surface area (Å²) in [5.74, 6) is 1.95. The molecule has 0 radical (unpaired) electrons. The molecule has 0 aliphatic heterocycles. The second-order valence-corrected chi connectivity index (χ2v) is 12.0. The van der Waals surface area contributed by atoms with Crippen LogP contribution < -0.4 is 0 Å². The zero-order chi connectivity index (χ0) is 31.9. The third-order valence-electron chi connectivity index (χ3n) is 9.11. The number of nitrogens with zero attached hydrogens (tertiary/aromatic N) is 3. The fourth-order valence-corrected chi connectivity index (χ4v) is 6.79. The van der Waals surface area contributed by atoms with Crippen molar-refractivity contribution in [2.24, 2.45) is 0 Å². The van der Waals surface area contributed by atoms with Crippen LogP contribution in [0.1, 0.15) is 0 Å². The van der Waals surface area contributed by atoms with E-state index < -0.39 is 0 Å². The van der Waals surface area contributed by atoms with Crippen LogP contribution in [0.3, 0.4) is 0 Å². The molecule has 9 aromatic rings. The molecule has 224 valence electrons. The molecule has 0 N–H and O–H groups in total. The lowest BCUT2D eigenvalue weighted by Gasteiger charge is -2.17. The molecule has 1 aromatic heterocycles. The molecule has 8 aromatic carbocycles. The topological polar surface area (TPSA) is 38.7 Å². The maximum absolute atomic E-state index is 5.20. The van der Waals surface area contributed by atoms with Gasteiger partial charge in [-0.05, 0) is 61.3 Å². The van der Waals surface area contributed by atoms with E-state index in [2.05, 4.69) is 140 Å². The number of fused-ring (bicyclic) bond motifs is 6. The minimum atomic E-state index is 0.648. The van der Waals surface area contributed by atoms with Gasteiger partial charge in [0.05, 0.1) is 0 Å². The van der Waals surface area contributed by atoms with Crippen LogP contribution in [-0.4, -0.2) is 15.0 Å². The van der Waals surface area contributed by atoms with E-state index in [4.69, 9.17) is 15.0 Å². The predicted octanol–water partition coefficient (Wildman–Crippen LogP) is 11.7. The van der Waals surface area contributed by atoms with E-state index in [1.807, 2.05) is 36.4 Å². The molecular formula is C45H29N3. The summed E-state index contributed by atoms with van der Waals surface area (Å²) < 4.78 is 0. The van der Waals surface area contributed by atoms with E-state index in [9.17, 15) is 0 Å². The Morgan fingerprint density at radius 3 is 1.17 bits per heavy atom. The molecule has 0 bridgehead atoms. The second-order valence-electron chi connectivity index (χ2n) is 12.0. The Bertz CT molecular complexity index is 2520. The first-order valence-electron chi connectivity index (χ1n) is 16.2. The minimum absolute atomic E-state index is 0.648. The van der Waals surface area contributed by atoms with E-state index in [-0.39, 0.29) is 0 Å². The quantitative estimate of drug-likeness (QED) is 0.182. The Morgan fingerprint density at radius 1 is 0.250 bits per heavy atom. The molecule has 0 unspecified atom stereocenters. The van der Waals surface area contributed by atoms with Crippen LogP contribution in [0.5, 0.6) is 0 Å². The molecule has 0 atom stereocenters. The summed E-state index contributed by atoms with van der Waals surface area (Å²) in [5.41, 5.74) is 7.52. The average molecular weight is 612 g/mol. The van der Waals surface area contributed by atoms with Gasteiger partial charge >= 0.3 is 0 Å². The third kappa shape index (κ3) is 4.90. The highest BCUT2D eigenvalue weighted by Gasteiger charge is 2.19. The minimum Gasteiger partial charge on any atom is -0.208 e. The smallest absolute Gasteiger partial charge is 0.164 e. The molecule has 0 amide bonds. The summed E-state index contributed by atoms with van der Waals surface area (Å²) in [6, 6.07) is 61.7. The van der Waals surface area contributed by atoms with E-state index in [0.29, 0.717) is 17.5 Å². The van der Waals surface area contributed by atoms with Gasteiger partial charge in [-0.2, -0.15) is 0 Å². The Balaban J connectivity index is 1.37. The third-order valence-corrected chi connectivity index (χ3v) is 9.11. The van der Waals surface area contributed by atoms with Gasteiger partial charge in [0.2, 0.25) is 0 Å². The fraction of sp³-hybridized carbons (Fsp3) is 0. The van der Waals surface area contributed by atoms with Crippen molar-refractivity contribution in [2.75, 3.05) is 0 Å². The number of hydrogen-bond acceptors (Lipinski definition) is 3. The first kappa shape index (κ1) is 27.8. The van der Waals surface area contributed by atoms with Crippen molar-refractivity contribution >= 4 is 32.3 Å². The maximum atomic E-state index is 5.20. The predicted molar refractivity (Wildman–Crippen MR) is 200 cm³/mol. The average Bonchev–Trinajstić information content (AvgIpc) is 3.18. The van der Waals surface area contributed by atoms with Crippen molar-refractivity contribution in [3.63, 3.8) is 0 Å². The molecule has 3 nitrogen and oxygen atoms in total. The van der Waals surface area contributed by atoms with Gasteiger partial charge in [0.25, 0.3) is 0 Å².